The lowest BCUT2D eigenvalue weighted by atomic mass is 9.96. The topological polar surface area (TPSA) is 77.2 Å². The van der Waals surface area contributed by atoms with Gasteiger partial charge in [-0.15, -0.1) is 0 Å². The SMILES string of the molecule is CN1CCC[C@H]1COc1nc(N)c2cnc(-c3cccc4c3C3CC3C4)c(F)c2n1. The molecular formula is C23H24FN5O. The van der Waals surface area contributed by atoms with Gasteiger partial charge >= 0.3 is 6.01 Å². The van der Waals surface area contributed by atoms with Gasteiger partial charge in [-0.2, -0.15) is 9.97 Å². The number of pyridine rings is 1. The number of nitrogen functional groups attached to an aromatic ring is 1. The largest absolute Gasteiger partial charge is 0.462 e. The maximum absolute atomic E-state index is 15.7. The van der Waals surface area contributed by atoms with Crippen molar-refractivity contribution in [3.63, 3.8) is 0 Å². The van der Waals surface area contributed by atoms with Crippen molar-refractivity contribution < 1.29 is 9.13 Å². The van der Waals surface area contributed by atoms with Gasteiger partial charge in [-0.25, -0.2) is 4.39 Å². The normalized spacial score (nSPS) is 24.8. The van der Waals surface area contributed by atoms with Crippen molar-refractivity contribution in [3.05, 3.63) is 41.3 Å². The zero-order valence-corrected chi connectivity index (χ0v) is 16.9. The Morgan fingerprint density at radius 2 is 2.20 bits per heavy atom. The number of nitrogens with two attached hydrogens (primary N) is 1. The molecule has 7 heteroatoms. The van der Waals surface area contributed by atoms with E-state index in [1.807, 2.05) is 12.1 Å². The fourth-order valence-corrected chi connectivity index (χ4v) is 5.22. The molecule has 0 amide bonds. The third-order valence-corrected chi connectivity index (χ3v) is 7.00. The molecule has 3 heterocycles. The minimum atomic E-state index is -0.457. The highest BCUT2D eigenvalue weighted by Gasteiger charge is 2.46. The van der Waals surface area contributed by atoms with Crippen LogP contribution in [0.1, 0.15) is 36.3 Å². The molecule has 6 rings (SSSR count). The first-order valence-corrected chi connectivity index (χ1v) is 10.7. The molecule has 1 aromatic carbocycles. The highest BCUT2D eigenvalue weighted by atomic mass is 19.1. The van der Waals surface area contributed by atoms with Crippen molar-refractivity contribution in [3.8, 4) is 17.3 Å². The fraction of sp³-hybridized carbons (Fsp3) is 0.435. The van der Waals surface area contributed by atoms with E-state index in [-0.39, 0.29) is 17.3 Å². The van der Waals surface area contributed by atoms with Gasteiger partial charge in [0, 0.05) is 17.8 Å². The summed E-state index contributed by atoms with van der Waals surface area (Å²) in [6, 6.07) is 6.55. The van der Waals surface area contributed by atoms with E-state index < -0.39 is 5.82 Å². The van der Waals surface area contributed by atoms with Crippen molar-refractivity contribution in [2.24, 2.45) is 5.92 Å². The Bertz CT molecular complexity index is 1170. The van der Waals surface area contributed by atoms with Gasteiger partial charge in [0.1, 0.15) is 23.6 Å². The van der Waals surface area contributed by atoms with E-state index >= 15 is 4.39 Å². The Labute approximate surface area is 174 Å². The molecule has 1 saturated heterocycles. The smallest absolute Gasteiger partial charge is 0.319 e. The number of anilines is 1. The van der Waals surface area contributed by atoms with Gasteiger partial charge in [-0.1, -0.05) is 18.2 Å². The molecule has 1 saturated carbocycles. The summed E-state index contributed by atoms with van der Waals surface area (Å²) in [4.78, 5) is 15.3. The second-order valence-electron chi connectivity index (χ2n) is 8.85. The van der Waals surface area contributed by atoms with E-state index in [4.69, 9.17) is 10.5 Å². The number of likely N-dealkylation sites (tertiary alicyclic amines) is 1. The summed E-state index contributed by atoms with van der Waals surface area (Å²) < 4.78 is 21.5. The van der Waals surface area contributed by atoms with Crippen molar-refractivity contribution in [2.45, 2.75) is 37.6 Å². The Hall–Kier alpha value is -2.80. The molecular weight excluding hydrogens is 381 g/mol. The molecule has 0 spiro atoms. The van der Waals surface area contributed by atoms with E-state index in [2.05, 4.69) is 33.0 Å². The molecule has 2 N–H and O–H groups in total. The molecule has 154 valence electrons. The van der Waals surface area contributed by atoms with E-state index in [9.17, 15) is 0 Å². The standard InChI is InChI=1S/C23H24FN5O/c1-29-7-3-5-14(29)11-30-23-27-21-17(22(25)28-23)10-26-20(19(21)24)15-6-2-4-12-8-13-9-16(13)18(12)15/h2,4,6,10,13-14,16H,3,5,7-9,11H2,1H3,(H2,25,27,28)/t13?,14-,16?/m0/s1. The van der Waals surface area contributed by atoms with Crippen LogP contribution in [0.4, 0.5) is 10.2 Å². The summed E-state index contributed by atoms with van der Waals surface area (Å²) in [6.45, 7) is 1.53. The molecule has 0 bridgehead atoms. The summed E-state index contributed by atoms with van der Waals surface area (Å²) >= 11 is 0. The molecule has 6 nitrogen and oxygen atoms in total. The number of benzene rings is 1. The van der Waals surface area contributed by atoms with Crippen molar-refractivity contribution >= 4 is 16.7 Å². The first kappa shape index (κ1) is 18.0. The van der Waals surface area contributed by atoms with Crippen LogP contribution < -0.4 is 10.5 Å². The van der Waals surface area contributed by atoms with Crippen LogP contribution in [0.25, 0.3) is 22.2 Å². The van der Waals surface area contributed by atoms with Gasteiger partial charge in [0.2, 0.25) is 0 Å². The lowest BCUT2D eigenvalue weighted by Gasteiger charge is -2.19. The lowest BCUT2D eigenvalue weighted by Crippen LogP contribution is -2.30. The first-order valence-electron chi connectivity index (χ1n) is 10.7. The van der Waals surface area contributed by atoms with Crippen molar-refractivity contribution in [2.75, 3.05) is 25.9 Å². The minimum absolute atomic E-state index is 0.122. The monoisotopic (exact) mass is 405 g/mol. The molecule has 2 aromatic heterocycles. The highest BCUT2D eigenvalue weighted by Crippen LogP contribution is 2.58. The third-order valence-electron chi connectivity index (χ3n) is 7.00. The molecule has 3 aromatic rings. The van der Waals surface area contributed by atoms with Crippen LogP contribution in [0.5, 0.6) is 6.01 Å². The zero-order valence-electron chi connectivity index (χ0n) is 16.9. The van der Waals surface area contributed by atoms with E-state index in [1.165, 1.54) is 17.5 Å². The second kappa shape index (κ2) is 6.60. The van der Waals surface area contributed by atoms with Gasteiger partial charge in [-0.05, 0) is 62.2 Å². The predicted molar refractivity (Wildman–Crippen MR) is 113 cm³/mol. The van der Waals surface area contributed by atoms with E-state index in [0.29, 0.717) is 29.6 Å². The van der Waals surface area contributed by atoms with Crippen LogP contribution in [0, 0.1) is 11.7 Å². The van der Waals surface area contributed by atoms with Gasteiger partial charge in [0.25, 0.3) is 0 Å². The molecule has 3 aliphatic rings. The number of nitrogens with zero attached hydrogens (tertiary/aromatic N) is 4. The average molecular weight is 405 g/mol. The molecule has 2 fully saturated rings. The third kappa shape index (κ3) is 2.75. The number of halogens is 1. The number of aromatic nitrogens is 3. The van der Waals surface area contributed by atoms with Crippen LogP contribution in [0.2, 0.25) is 0 Å². The number of ether oxygens (including phenoxy) is 1. The summed E-state index contributed by atoms with van der Waals surface area (Å²) in [6.07, 6.45) is 6.09. The minimum Gasteiger partial charge on any atom is -0.462 e. The van der Waals surface area contributed by atoms with E-state index in [1.54, 1.807) is 6.20 Å². The Balaban J connectivity index is 1.39. The molecule has 30 heavy (non-hydrogen) atoms. The number of fused-ring (bicyclic) bond motifs is 4. The number of likely N-dealkylation sites (N-methyl/N-ethyl adjacent to an activating group) is 1. The fourth-order valence-electron chi connectivity index (χ4n) is 5.22. The lowest BCUT2D eigenvalue weighted by molar-refractivity contribution is 0.188. The highest BCUT2D eigenvalue weighted by molar-refractivity contribution is 5.91. The number of hydrogen-bond donors (Lipinski definition) is 1. The molecule has 0 radical (unpaired) electrons. The van der Waals surface area contributed by atoms with Crippen LogP contribution in [0.15, 0.2) is 24.4 Å². The van der Waals surface area contributed by atoms with Crippen LogP contribution in [0.3, 0.4) is 0 Å². The Morgan fingerprint density at radius 3 is 3.03 bits per heavy atom. The van der Waals surface area contributed by atoms with Crippen LogP contribution in [-0.2, 0) is 6.42 Å². The summed E-state index contributed by atoms with van der Waals surface area (Å²) in [5.74, 6) is 0.998. The maximum atomic E-state index is 15.7. The van der Waals surface area contributed by atoms with Crippen LogP contribution in [-0.4, -0.2) is 46.1 Å². The van der Waals surface area contributed by atoms with Crippen molar-refractivity contribution in [1.29, 1.82) is 0 Å². The quantitative estimate of drug-likeness (QED) is 0.715. The average Bonchev–Trinajstić information content (AvgIpc) is 3.21. The van der Waals surface area contributed by atoms with Gasteiger partial charge in [0.15, 0.2) is 5.82 Å². The first-order chi connectivity index (χ1) is 14.6. The number of hydrogen-bond acceptors (Lipinski definition) is 6. The van der Waals surface area contributed by atoms with Gasteiger partial charge in [0.05, 0.1) is 5.39 Å². The Kier molecular flexibility index (Phi) is 3.96. The van der Waals surface area contributed by atoms with Crippen LogP contribution >= 0.6 is 0 Å². The number of rotatable bonds is 4. The van der Waals surface area contributed by atoms with Crippen molar-refractivity contribution in [1.82, 2.24) is 19.9 Å². The molecule has 2 unspecified atom stereocenters. The Morgan fingerprint density at radius 1 is 1.30 bits per heavy atom. The van der Waals surface area contributed by atoms with E-state index in [0.717, 1.165) is 37.3 Å². The zero-order chi connectivity index (χ0) is 20.4. The summed E-state index contributed by atoms with van der Waals surface area (Å²) in [5.41, 5.74) is 10.1. The second-order valence-corrected chi connectivity index (χ2v) is 8.85. The summed E-state index contributed by atoms with van der Waals surface area (Å²) in [5, 5.41) is 0.415. The van der Waals surface area contributed by atoms with Gasteiger partial charge in [-0.3, -0.25) is 4.98 Å². The maximum Gasteiger partial charge on any atom is 0.319 e. The van der Waals surface area contributed by atoms with Gasteiger partial charge < -0.3 is 15.4 Å². The molecule has 3 atom stereocenters. The predicted octanol–water partition coefficient (Wildman–Crippen LogP) is 3.55. The molecule has 1 aliphatic heterocycles. The molecule has 2 aliphatic carbocycles. The summed E-state index contributed by atoms with van der Waals surface area (Å²) in [7, 11) is 2.08.